The van der Waals surface area contributed by atoms with E-state index in [1.54, 1.807) is 0 Å². The minimum absolute atomic E-state index is 0.0381. The highest BCUT2D eigenvalue weighted by molar-refractivity contribution is 5.93. The molecule has 0 radical (unpaired) electrons. The fourth-order valence-electron chi connectivity index (χ4n) is 8.56. The van der Waals surface area contributed by atoms with Crippen molar-refractivity contribution in [2.24, 2.45) is 28.6 Å². The van der Waals surface area contributed by atoms with Gasteiger partial charge in [0, 0.05) is 18.8 Å². The summed E-state index contributed by atoms with van der Waals surface area (Å²) in [5, 5.41) is 11.6. The molecule has 0 amide bonds. The van der Waals surface area contributed by atoms with Crippen LogP contribution in [0.15, 0.2) is 11.6 Å². The molecule has 1 heterocycles. The number of ketones is 2. The van der Waals surface area contributed by atoms with Crippen molar-refractivity contribution in [1.82, 2.24) is 0 Å². The van der Waals surface area contributed by atoms with Gasteiger partial charge in [0.15, 0.2) is 23.8 Å². The molecule has 5 rings (SSSR count). The molecular formula is C26H36O7. The van der Waals surface area contributed by atoms with Gasteiger partial charge in [-0.05, 0) is 75.2 Å². The van der Waals surface area contributed by atoms with Crippen molar-refractivity contribution in [3.8, 4) is 0 Å². The van der Waals surface area contributed by atoms with Crippen LogP contribution < -0.4 is 0 Å². The Kier molecular flexibility index (Phi) is 5.07. The Bertz CT molecular complexity index is 937. The first-order valence-electron chi connectivity index (χ1n) is 12.3. The number of ether oxygens (including phenoxy) is 3. The highest BCUT2D eigenvalue weighted by Crippen LogP contribution is 2.70. The second-order valence-electron chi connectivity index (χ2n) is 11.9. The summed E-state index contributed by atoms with van der Waals surface area (Å²) in [6.07, 6.45) is 4.84. The second-order valence-corrected chi connectivity index (χ2v) is 11.9. The molecule has 0 aromatic carbocycles. The largest absolute Gasteiger partial charge is 0.458 e. The molecule has 3 saturated carbocycles. The van der Waals surface area contributed by atoms with Crippen LogP contribution in [0.25, 0.3) is 0 Å². The number of allylic oxidation sites excluding steroid dienone is 1. The molecule has 7 nitrogen and oxygen atoms in total. The molecule has 1 aliphatic heterocycles. The molecule has 0 spiro atoms. The SMILES string of the molecule is CC(=O)OCC(=O)C12OC(C)(C)OC1CC1C3CCC4=CC(=O)CCC4(C)C3C(O)CC12C. The number of aliphatic hydroxyl groups excluding tert-OH is 1. The number of rotatable bonds is 3. The minimum atomic E-state index is -1.26. The maximum Gasteiger partial charge on any atom is 0.303 e. The lowest BCUT2D eigenvalue weighted by Crippen LogP contribution is -2.64. The molecule has 7 heteroatoms. The standard InChI is InChI=1S/C26H36O7/c1-14(27)31-13-20(30)26-21(32-23(2,3)33-26)11-18-17-7-6-15-10-16(28)8-9-24(15,4)22(17)19(29)12-25(18,26)5/h10,17-19,21-22,29H,6-9,11-13H2,1-5H3. The van der Waals surface area contributed by atoms with Crippen LogP contribution in [0.4, 0.5) is 0 Å². The predicted octanol–water partition coefficient (Wildman–Crippen LogP) is 3.12. The van der Waals surface area contributed by atoms with Crippen molar-refractivity contribution in [1.29, 1.82) is 0 Å². The van der Waals surface area contributed by atoms with Gasteiger partial charge >= 0.3 is 5.97 Å². The molecule has 5 aliphatic rings. The lowest BCUT2D eigenvalue weighted by molar-refractivity contribution is -0.227. The van der Waals surface area contributed by atoms with Crippen LogP contribution in [-0.4, -0.2) is 52.8 Å². The van der Waals surface area contributed by atoms with Crippen molar-refractivity contribution >= 4 is 17.5 Å². The van der Waals surface area contributed by atoms with Gasteiger partial charge in [-0.3, -0.25) is 14.4 Å². The van der Waals surface area contributed by atoms with Crippen LogP contribution in [0.5, 0.6) is 0 Å². The molecule has 33 heavy (non-hydrogen) atoms. The van der Waals surface area contributed by atoms with Crippen LogP contribution in [-0.2, 0) is 28.6 Å². The number of esters is 1. The van der Waals surface area contributed by atoms with Crippen molar-refractivity contribution in [2.75, 3.05) is 6.61 Å². The normalized spacial score (nSPS) is 47.6. The molecule has 0 aromatic rings. The van der Waals surface area contributed by atoms with E-state index >= 15 is 0 Å². The first-order chi connectivity index (χ1) is 15.3. The Hall–Kier alpha value is -1.57. The van der Waals surface area contributed by atoms with Crippen LogP contribution in [0.3, 0.4) is 0 Å². The van der Waals surface area contributed by atoms with Gasteiger partial charge in [0.2, 0.25) is 5.78 Å². The van der Waals surface area contributed by atoms with Crippen LogP contribution in [0.1, 0.15) is 73.1 Å². The van der Waals surface area contributed by atoms with Gasteiger partial charge < -0.3 is 19.3 Å². The summed E-state index contributed by atoms with van der Waals surface area (Å²) in [5.41, 5.74) is -0.936. The number of hydrogen-bond donors (Lipinski definition) is 1. The smallest absolute Gasteiger partial charge is 0.303 e. The third-order valence-electron chi connectivity index (χ3n) is 9.71. The predicted molar refractivity (Wildman–Crippen MR) is 118 cm³/mol. The Morgan fingerprint density at radius 3 is 2.64 bits per heavy atom. The van der Waals surface area contributed by atoms with Crippen LogP contribution in [0.2, 0.25) is 0 Å². The quantitative estimate of drug-likeness (QED) is 0.646. The van der Waals surface area contributed by atoms with E-state index in [-0.39, 0.29) is 41.3 Å². The molecule has 0 aromatic heterocycles. The fraction of sp³-hybridized carbons (Fsp3) is 0.808. The van der Waals surface area contributed by atoms with Gasteiger partial charge in [0.1, 0.15) is 0 Å². The molecular weight excluding hydrogens is 424 g/mol. The van der Waals surface area contributed by atoms with E-state index in [0.717, 1.165) is 19.3 Å². The minimum Gasteiger partial charge on any atom is -0.458 e. The summed E-state index contributed by atoms with van der Waals surface area (Å²) in [7, 11) is 0. The Morgan fingerprint density at radius 2 is 1.94 bits per heavy atom. The first kappa shape index (κ1) is 23.2. The lowest BCUT2D eigenvalue weighted by atomic mass is 9.45. The summed E-state index contributed by atoms with van der Waals surface area (Å²) in [4.78, 5) is 37.3. The highest BCUT2D eigenvalue weighted by atomic mass is 16.8. The Labute approximate surface area is 195 Å². The average Bonchev–Trinajstić information content (AvgIpc) is 3.12. The number of carbonyl (C=O) groups excluding carboxylic acids is 3. The lowest BCUT2D eigenvalue weighted by Gasteiger charge is -2.60. The zero-order chi connectivity index (χ0) is 24.0. The van der Waals surface area contributed by atoms with Crippen molar-refractivity contribution in [2.45, 2.75) is 96.7 Å². The Balaban J connectivity index is 1.55. The molecule has 8 unspecified atom stereocenters. The zero-order valence-electron chi connectivity index (χ0n) is 20.3. The summed E-state index contributed by atoms with van der Waals surface area (Å²) < 4.78 is 17.9. The summed E-state index contributed by atoms with van der Waals surface area (Å²) >= 11 is 0. The van der Waals surface area contributed by atoms with Gasteiger partial charge in [0.25, 0.3) is 0 Å². The number of fused-ring (bicyclic) bond motifs is 7. The van der Waals surface area contributed by atoms with Crippen molar-refractivity contribution in [3.05, 3.63) is 11.6 Å². The fourth-order valence-corrected chi connectivity index (χ4v) is 8.56. The third kappa shape index (κ3) is 3.08. The van der Waals surface area contributed by atoms with E-state index in [2.05, 4.69) is 13.8 Å². The van der Waals surface area contributed by atoms with Crippen molar-refractivity contribution in [3.63, 3.8) is 0 Å². The zero-order valence-corrected chi connectivity index (χ0v) is 20.3. The van der Waals surface area contributed by atoms with Crippen LogP contribution in [0, 0.1) is 28.6 Å². The number of Topliss-reactive ketones (excluding diaryl/α,β-unsaturated/α-hetero) is 1. The molecule has 4 aliphatic carbocycles. The van der Waals surface area contributed by atoms with E-state index in [1.165, 1.54) is 12.5 Å². The second kappa shape index (κ2) is 7.22. The van der Waals surface area contributed by atoms with Crippen molar-refractivity contribution < 1.29 is 33.7 Å². The van der Waals surface area contributed by atoms with Gasteiger partial charge in [-0.15, -0.1) is 0 Å². The maximum absolute atomic E-state index is 13.7. The average molecular weight is 461 g/mol. The van der Waals surface area contributed by atoms with Gasteiger partial charge in [-0.25, -0.2) is 0 Å². The van der Waals surface area contributed by atoms with E-state index in [0.29, 0.717) is 19.3 Å². The van der Waals surface area contributed by atoms with E-state index in [4.69, 9.17) is 14.2 Å². The maximum atomic E-state index is 13.7. The molecule has 1 saturated heterocycles. The van der Waals surface area contributed by atoms with E-state index in [1.807, 2.05) is 19.9 Å². The number of hydrogen-bond acceptors (Lipinski definition) is 7. The molecule has 0 bridgehead atoms. The van der Waals surface area contributed by atoms with E-state index < -0.39 is 35.0 Å². The molecule has 1 N–H and O–H groups in total. The van der Waals surface area contributed by atoms with Gasteiger partial charge in [0.05, 0.1) is 12.2 Å². The summed E-state index contributed by atoms with van der Waals surface area (Å²) in [6, 6.07) is 0. The number of carbonyl (C=O) groups is 3. The van der Waals surface area contributed by atoms with E-state index in [9.17, 15) is 19.5 Å². The Morgan fingerprint density at radius 1 is 1.21 bits per heavy atom. The van der Waals surface area contributed by atoms with Gasteiger partial charge in [-0.1, -0.05) is 19.4 Å². The molecule has 8 atom stereocenters. The van der Waals surface area contributed by atoms with Crippen LogP contribution >= 0.6 is 0 Å². The summed E-state index contributed by atoms with van der Waals surface area (Å²) in [5.74, 6) is -1.18. The summed E-state index contributed by atoms with van der Waals surface area (Å²) in [6.45, 7) is 8.82. The van der Waals surface area contributed by atoms with Gasteiger partial charge in [-0.2, -0.15) is 0 Å². The topological polar surface area (TPSA) is 99.1 Å². The highest BCUT2D eigenvalue weighted by Gasteiger charge is 2.77. The third-order valence-corrected chi connectivity index (χ3v) is 9.71. The number of aliphatic hydroxyl groups is 1. The monoisotopic (exact) mass is 460 g/mol. The molecule has 182 valence electrons. The first-order valence-corrected chi connectivity index (χ1v) is 12.3. The molecule has 4 fully saturated rings.